The van der Waals surface area contributed by atoms with Gasteiger partial charge in [-0.15, -0.1) is 0 Å². The van der Waals surface area contributed by atoms with Crippen LogP contribution in [0.5, 0.6) is 5.75 Å². The van der Waals surface area contributed by atoms with E-state index in [1.54, 1.807) is 29.2 Å². The molecule has 8 heteroatoms. The number of halogens is 2. The van der Waals surface area contributed by atoms with Crippen molar-refractivity contribution in [1.82, 2.24) is 4.90 Å². The summed E-state index contributed by atoms with van der Waals surface area (Å²) < 4.78 is 19.5. The van der Waals surface area contributed by atoms with E-state index in [1.165, 1.54) is 12.1 Å². The molecule has 0 aromatic heterocycles. The van der Waals surface area contributed by atoms with Crippen LogP contribution in [0.2, 0.25) is 5.02 Å². The molecule has 1 saturated heterocycles. The maximum atomic E-state index is 13.6. The molecule has 5 rings (SSSR count). The molecule has 0 spiro atoms. The summed E-state index contributed by atoms with van der Waals surface area (Å²) in [5.41, 5.74) is 2.40. The average Bonchev–Trinajstić information content (AvgIpc) is 2.94. The van der Waals surface area contributed by atoms with Crippen LogP contribution < -0.4 is 9.64 Å². The van der Waals surface area contributed by atoms with Crippen molar-refractivity contribution >= 4 is 29.5 Å². The lowest BCUT2D eigenvalue weighted by Gasteiger charge is -2.41. The number of carbonyl (C=O) groups excluding carboxylic acids is 2. The first-order chi connectivity index (χ1) is 18.4. The number of hydrogen-bond donors (Lipinski definition) is 0. The molecular formula is C30H27ClFN3O3. The number of anilines is 1. The third-order valence-corrected chi connectivity index (χ3v) is 7.75. The zero-order valence-electron chi connectivity index (χ0n) is 20.8. The van der Waals surface area contributed by atoms with E-state index in [4.69, 9.17) is 16.3 Å². The first-order valence-corrected chi connectivity index (χ1v) is 13.0. The van der Waals surface area contributed by atoms with E-state index in [2.05, 4.69) is 11.0 Å². The van der Waals surface area contributed by atoms with Gasteiger partial charge in [0.2, 0.25) is 0 Å². The van der Waals surface area contributed by atoms with E-state index < -0.39 is 11.5 Å². The Labute approximate surface area is 226 Å². The van der Waals surface area contributed by atoms with Crippen LogP contribution in [0, 0.1) is 22.6 Å². The number of aldehydes is 1. The van der Waals surface area contributed by atoms with E-state index in [0.29, 0.717) is 68.1 Å². The molecule has 0 bridgehead atoms. The molecule has 1 amide bonds. The first-order valence-electron chi connectivity index (χ1n) is 12.6. The summed E-state index contributed by atoms with van der Waals surface area (Å²) >= 11 is 6.32. The van der Waals surface area contributed by atoms with E-state index in [1.807, 2.05) is 30.3 Å². The maximum absolute atomic E-state index is 13.6. The predicted octanol–water partition coefficient (Wildman–Crippen LogP) is 5.43. The monoisotopic (exact) mass is 531 g/mol. The van der Waals surface area contributed by atoms with Crippen molar-refractivity contribution in [3.63, 3.8) is 0 Å². The zero-order chi connectivity index (χ0) is 26.7. The number of piperidine rings is 1. The lowest BCUT2D eigenvalue weighted by molar-refractivity contribution is -0.140. The fourth-order valence-corrected chi connectivity index (χ4v) is 5.44. The summed E-state index contributed by atoms with van der Waals surface area (Å²) in [6, 6.07) is 21.9. The summed E-state index contributed by atoms with van der Waals surface area (Å²) in [5.74, 6) is -0.0144. The van der Waals surface area contributed by atoms with Crippen LogP contribution in [0.1, 0.15) is 34.3 Å². The van der Waals surface area contributed by atoms with Crippen LogP contribution in [-0.4, -0.2) is 42.8 Å². The van der Waals surface area contributed by atoms with Gasteiger partial charge in [-0.3, -0.25) is 9.59 Å². The number of amides is 1. The molecule has 3 aromatic rings. The van der Waals surface area contributed by atoms with Gasteiger partial charge in [-0.1, -0.05) is 54.1 Å². The number of rotatable bonds is 6. The Morgan fingerprint density at radius 3 is 2.47 bits per heavy atom. The minimum Gasteiger partial charge on any atom is -0.477 e. The highest BCUT2D eigenvalue weighted by molar-refractivity contribution is 6.33. The van der Waals surface area contributed by atoms with E-state index >= 15 is 0 Å². The standard InChI is InChI=1S/C30H27ClFN3O3/c31-25-15-26-27(14-23(25)19-36)38-28(18-35(26)17-22-4-2-1-3-5-22)29(37)34-12-10-30(20-33,11-13-34)16-21-6-8-24(32)9-7-21/h1-9,14-15,19,28H,10-13,16-18H2. The van der Waals surface area contributed by atoms with Crippen LogP contribution in [-0.2, 0) is 17.8 Å². The second-order valence-electron chi connectivity index (χ2n) is 9.95. The smallest absolute Gasteiger partial charge is 0.265 e. The summed E-state index contributed by atoms with van der Waals surface area (Å²) in [6.45, 7) is 1.73. The molecule has 1 unspecified atom stereocenters. The number of ether oxygens (including phenoxy) is 1. The van der Waals surface area contributed by atoms with Crippen molar-refractivity contribution in [2.45, 2.75) is 31.9 Å². The van der Waals surface area contributed by atoms with Crippen molar-refractivity contribution in [3.8, 4) is 11.8 Å². The molecule has 3 aromatic carbocycles. The summed E-state index contributed by atoms with van der Waals surface area (Å²) in [7, 11) is 0. The number of carbonyl (C=O) groups is 2. The summed E-state index contributed by atoms with van der Waals surface area (Å²) in [5, 5.41) is 10.3. The maximum Gasteiger partial charge on any atom is 0.265 e. The predicted molar refractivity (Wildman–Crippen MR) is 143 cm³/mol. The molecule has 0 aliphatic carbocycles. The molecule has 2 heterocycles. The third-order valence-electron chi connectivity index (χ3n) is 7.42. The normalized spacial score (nSPS) is 18.2. The van der Waals surface area contributed by atoms with Crippen molar-refractivity contribution in [2.75, 3.05) is 24.5 Å². The highest BCUT2D eigenvalue weighted by Crippen LogP contribution is 2.40. The molecule has 1 atom stereocenters. The number of likely N-dealkylation sites (tertiary alicyclic amines) is 1. The van der Waals surface area contributed by atoms with Gasteiger partial charge in [0, 0.05) is 25.2 Å². The minimum atomic E-state index is -0.765. The molecule has 2 aliphatic rings. The average molecular weight is 532 g/mol. The fraction of sp³-hybridized carbons (Fsp3) is 0.300. The van der Waals surface area contributed by atoms with Gasteiger partial charge >= 0.3 is 0 Å². The van der Waals surface area contributed by atoms with E-state index in [-0.39, 0.29) is 11.7 Å². The van der Waals surface area contributed by atoms with Crippen LogP contribution >= 0.6 is 11.6 Å². The van der Waals surface area contributed by atoms with Crippen LogP contribution in [0.15, 0.2) is 66.7 Å². The Bertz CT molecular complexity index is 1370. The number of hydrogen-bond acceptors (Lipinski definition) is 5. The highest BCUT2D eigenvalue weighted by atomic mass is 35.5. The lowest BCUT2D eigenvalue weighted by Crippen LogP contribution is -2.53. The van der Waals surface area contributed by atoms with E-state index in [0.717, 1.165) is 16.8 Å². The van der Waals surface area contributed by atoms with Crippen LogP contribution in [0.3, 0.4) is 0 Å². The van der Waals surface area contributed by atoms with Gasteiger partial charge in [0.15, 0.2) is 12.4 Å². The summed E-state index contributed by atoms with van der Waals surface area (Å²) in [4.78, 5) is 29.0. The molecule has 0 saturated carbocycles. The van der Waals surface area contributed by atoms with Gasteiger partial charge < -0.3 is 14.5 Å². The number of benzene rings is 3. The Morgan fingerprint density at radius 1 is 1.11 bits per heavy atom. The Kier molecular flexibility index (Phi) is 7.35. The molecule has 38 heavy (non-hydrogen) atoms. The minimum absolute atomic E-state index is 0.148. The number of nitrogens with zero attached hydrogens (tertiary/aromatic N) is 3. The van der Waals surface area contributed by atoms with Crippen molar-refractivity contribution in [3.05, 3.63) is 94.3 Å². The molecule has 0 N–H and O–H groups in total. The third kappa shape index (κ3) is 5.36. The Balaban J connectivity index is 1.32. The SMILES string of the molecule is N#CC1(Cc2ccc(F)cc2)CCN(C(=O)C2CN(Cc3ccccc3)c3cc(Cl)c(C=O)cc3O2)CC1. The molecule has 1 fully saturated rings. The number of nitriles is 1. The van der Waals surface area contributed by atoms with Crippen molar-refractivity contribution in [2.24, 2.45) is 5.41 Å². The lowest BCUT2D eigenvalue weighted by atomic mass is 9.75. The van der Waals surface area contributed by atoms with Gasteiger partial charge in [-0.2, -0.15) is 5.26 Å². The first kappa shape index (κ1) is 25.7. The van der Waals surface area contributed by atoms with Crippen LogP contribution in [0.25, 0.3) is 0 Å². The number of fused-ring (bicyclic) bond motifs is 1. The fourth-order valence-electron chi connectivity index (χ4n) is 5.24. The van der Waals surface area contributed by atoms with Crippen molar-refractivity contribution < 1.29 is 18.7 Å². The highest BCUT2D eigenvalue weighted by Gasteiger charge is 2.40. The quantitative estimate of drug-likeness (QED) is 0.396. The molecule has 194 valence electrons. The van der Waals surface area contributed by atoms with Gasteiger partial charge in [0.1, 0.15) is 11.6 Å². The van der Waals surface area contributed by atoms with Gasteiger partial charge in [-0.25, -0.2) is 4.39 Å². The molecule has 0 radical (unpaired) electrons. The molecular weight excluding hydrogens is 505 g/mol. The zero-order valence-corrected chi connectivity index (χ0v) is 21.5. The van der Waals surface area contributed by atoms with Crippen molar-refractivity contribution in [1.29, 1.82) is 5.26 Å². The Hall–Kier alpha value is -3.89. The van der Waals surface area contributed by atoms with Gasteiger partial charge in [0.05, 0.1) is 28.7 Å². The largest absolute Gasteiger partial charge is 0.477 e. The second kappa shape index (κ2) is 10.8. The Morgan fingerprint density at radius 2 is 1.82 bits per heavy atom. The topological polar surface area (TPSA) is 73.6 Å². The van der Waals surface area contributed by atoms with E-state index in [9.17, 15) is 19.2 Å². The van der Waals surface area contributed by atoms with Gasteiger partial charge in [0.25, 0.3) is 5.91 Å². The van der Waals surface area contributed by atoms with Gasteiger partial charge in [-0.05, 0) is 54.7 Å². The summed E-state index contributed by atoms with van der Waals surface area (Å²) in [6.07, 6.45) is 1.47. The molecule has 6 nitrogen and oxygen atoms in total. The van der Waals surface area contributed by atoms with Crippen LogP contribution in [0.4, 0.5) is 10.1 Å². The second-order valence-corrected chi connectivity index (χ2v) is 10.4. The molecule has 2 aliphatic heterocycles.